The van der Waals surface area contributed by atoms with Gasteiger partial charge in [0, 0.05) is 0 Å². The number of nitrogens with zero attached hydrogens (tertiary/aromatic N) is 1. The van der Waals surface area contributed by atoms with Gasteiger partial charge >= 0.3 is 0 Å². The molecule has 21 heavy (non-hydrogen) atoms. The third kappa shape index (κ3) is 2.87. The molecule has 2 aromatic rings. The van der Waals surface area contributed by atoms with E-state index >= 15 is 0 Å². The van der Waals surface area contributed by atoms with Crippen molar-refractivity contribution in [2.24, 2.45) is 0 Å². The number of carbonyl (C=O) groups excluding carboxylic acids is 1. The Kier molecular flexibility index (Phi) is 3.58. The predicted octanol–water partition coefficient (Wildman–Crippen LogP) is 4.16. The summed E-state index contributed by atoms with van der Waals surface area (Å²) in [4.78, 5) is 12.1. The van der Waals surface area contributed by atoms with Crippen molar-refractivity contribution in [1.82, 2.24) is 0 Å². The van der Waals surface area contributed by atoms with Crippen LogP contribution < -0.4 is 0 Å². The van der Waals surface area contributed by atoms with E-state index in [2.05, 4.69) is 30.3 Å². The van der Waals surface area contributed by atoms with Crippen molar-refractivity contribution < 1.29 is 4.79 Å². The standard InChI is InChI=1S/C19H17NO/c1-13(21)19(17-4-2-14(12-20)3-5-17)18-10-8-16(9-11-18)15-6-7-15/h2-5,8-11,15,19H,6-7H2,1H3. The Morgan fingerprint density at radius 1 is 1.05 bits per heavy atom. The maximum atomic E-state index is 12.1. The van der Waals surface area contributed by atoms with E-state index in [1.165, 1.54) is 18.4 Å². The highest BCUT2D eigenvalue weighted by Gasteiger charge is 2.24. The van der Waals surface area contributed by atoms with E-state index in [-0.39, 0.29) is 11.7 Å². The van der Waals surface area contributed by atoms with E-state index in [9.17, 15) is 4.79 Å². The zero-order valence-corrected chi connectivity index (χ0v) is 12.0. The first-order chi connectivity index (χ1) is 10.2. The van der Waals surface area contributed by atoms with Gasteiger partial charge in [0.1, 0.15) is 5.78 Å². The molecule has 0 aromatic heterocycles. The molecule has 0 bridgehead atoms. The van der Waals surface area contributed by atoms with E-state index in [1.807, 2.05) is 12.1 Å². The molecule has 2 aromatic carbocycles. The van der Waals surface area contributed by atoms with E-state index in [4.69, 9.17) is 5.26 Å². The Morgan fingerprint density at radius 3 is 2.00 bits per heavy atom. The van der Waals surface area contributed by atoms with Gasteiger partial charge in [-0.2, -0.15) is 5.26 Å². The largest absolute Gasteiger partial charge is 0.299 e. The topological polar surface area (TPSA) is 40.9 Å². The van der Waals surface area contributed by atoms with Crippen LogP contribution in [-0.2, 0) is 4.79 Å². The van der Waals surface area contributed by atoms with E-state index in [0.717, 1.165) is 17.0 Å². The molecule has 0 saturated heterocycles. The number of rotatable bonds is 4. The summed E-state index contributed by atoms with van der Waals surface area (Å²) in [6, 6.07) is 17.8. The minimum atomic E-state index is -0.244. The van der Waals surface area contributed by atoms with Crippen LogP contribution in [0.1, 0.15) is 53.9 Å². The van der Waals surface area contributed by atoms with Gasteiger partial charge < -0.3 is 0 Å². The second-order valence-electron chi connectivity index (χ2n) is 5.72. The first kappa shape index (κ1) is 13.6. The molecule has 0 aliphatic heterocycles. The van der Waals surface area contributed by atoms with Crippen LogP contribution in [-0.4, -0.2) is 5.78 Å². The van der Waals surface area contributed by atoms with Gasteiger partial charge in [-0.05, 0) is 54.5 Å². The van der Waals surface area contributed by atoms with Crippen LogP contribution in [0.15, 0.2) is 48.5 Å². The summed E-state index contributed by atoms with van der Waals surface area (Å²) >= 11 is 0. The van der Waals surface area contributed by atoms with Crippen molar-refractivity contribution >= 4 is 5.78 Å². The highest BCUT2D eigenvalue weighted by molar-refractivity contribution is 5.87. The summed E-state index contributed by atoms with van der Waals surface area (Å²) in [6.07, 6.45) is 2.57. The lowest BCUT2D eigenvalue weighted by Crippen LogP contribution is -2.10. The van der Waals surface area contributed by atoms with Crippen molar-refractivity contribution in [3.05, 3.63) is 70.8 Å². The Hall–Kier alpha value is -2.40. The average molecular weight is 275 g/mol. The van der Waals surface area contributed by atoms with Crippen molar-refractivity contribution in [3.63, 3.8) is 0 Å². The Morgan fingerprint density at radius 2 is 1.57 bits per heavy atom. The Balaban J connectivity index is 1.92. The van der Waals surface area contributed by atoms with Crippen LogP contribution in [0.3, 0.4) is 0 Å². The van der Waals surface area contributed by atoms with Crippen LogP contribution >= 0.6 is 0 Å². The van der Waals surface area contributed by atoms with Crippen LogP contribution in [0.2, 0.25) is 0 Å². The number of nitriles is 1. The SMILES string of the molecule is CC(=O)C(c1ccc(C#N)cc1)c1ccc(C2CC2)cc1. The number of Topliss-reactive ketones (excluding diaryl/α,β-unsaturated/α-hetero) is 1. The smallest absolute Gasteiger partial charge is 0.141 e. The molecule has 0 N–H and O–H groups in total. The molecule has 2 heteroatoms. The van der Waals surface area contributed by atoms with Crippen molar-refractivity contribution in [3.8, 4) is 6.07 Å². The molecule has 2 nitrogen and oxygen atoms in total. The molecular weight excluding hydrogens is 258 g/mol. The molecular formula is C19H17NO. The average Bonchev–Trinajstić information content (AvgIpc) is 3.33. The van der Waals surface area contributed by atoms with Crippen molar-refractivity contribution in [2.75, 3.05) is 0 Å². The number of carbonyl (C=O) groups is 1. The zero-order chi connectivity index (χ0) is 14.8. The molecule has 1 aliphatic carbocycles. The summed E-state index contributed by atoms with van der Waals surface area (Å²) in [5.41, 5.74) is 3.96. The Labute approximate surface area is 125 Å². The van der Waals surface area contributed by atoms with Gasteiger partial charge in [0.15, 0.2) is 0 Å². The second kappa shape index (κ2) is 5.54. The summed E-state index contributed by atoms with van der Waals surface area (Å²) < 4.78 is 0. The molecule has 3 rings (SSSR count). The quantitative estimate of drug-likeness (QED) is 0.840. The van der Waals surface area contributed by atoms with E-state index < -0.39 is 0 Å². The summed E-state index contributed by atoms with van der Waals surface area (Å²) in [7, 11) is 0. The van der Waals surface area contributed by atoms with Gasteiger partial charge in [0.05, 0.1) is 17.6 Å². The molecule has 104 valence electrons. The number of hydrogen-bond acceptors (Lipinski definition) is 2. The van der Waals surface area contributed by atoms with Gasteiger partial charge in [-0.3, -0.25) is 4.79 Å². The van der Waals surface area contributed by atoms with Crippen LogP contribution in [0.5, 0.6) is 0 Å². The lowest BCUT2D eigenvalue weighted by atomic mass is 9.87. The number of ketones is 1. The zero-order valence-electron chi connectivity index (χ0n) is 12.0. The molecule has 0 radical (unpaired) electrons. The molecule has 0 spiro atoms. The number of benzene rings is 2. The summed E-state index contributed by atoms with van der Waals surface area (Å²) in [6.45, 7) is 1.62. The maximum Gasteiger partial charge on any atom is 0.141 e. The van der Waals surface area contributed by atoms with Crippen molar-refractivity contribution in [2.45, 2.75) is 31.6 Å². The molecule has 1 unspecified atom stereocenters. The third-order valence-corrected chi connectivity index (χ3v) is 4.10. The normalized spacial score (nSPS) is 15.2. The van der Waals surface area contributed by atoms with Gasteiger partial charge in [-0.25, -0.2) is 0 Å². The van der Waals surface area contributed by atoms with Gasteiger partial charge in [0.2, 0.25) is 0 Å². The lowest BCUT2D eigenvalue weighted by molar-refractivity contribution is -0.117. The minimum absolute atomic E-state index is 0.124. The molecule has 1 saturated carbocycles. The van der Waals surface area contributed by atoms with E-state index in [0.29, 0.717) is 5.56 Å². The molecule has 1 atom stereocenters. The number of hydrogen-bond donors (Lipinski definition) is 0. The second-order valence-corrected chi connectivity index (χ2v) is 5.72. The van der Waals surface area contributed by atoms with Gasteiger partial charge in [-0.15, -0.1) is 0 Å². The van der Waals surface area contributed by atoms with Crippen LogP contribution in [0.4, 0.5) is 0 Å². The molecule has 1 fully saturated rings. The first-order valence-corrected chi connectivity index (χ1v) is 7.29. The Bertz CT molecular complexity index is 688. The maximum absolute atomic E-state index is 12.1. The van der Waals surface area contributed by atoms with E-state index in [1.54, 1.807) is 19.1 Å². The van der Waals surface area contributed by atoms with Gasteiger partial charge in [-0.1, -0.05) is 36.4 Å². The third-order valence-electron chi connectivity index (χ3n) is 4.10. The fraction of sp³-hybridized carbons (Fsp3) is 0.263. The summed E-state index contributed by atoms with van der Waals surface area (Å²) in [5, 5.41) is 8.86. The van der Waals surface area contributed by atoms with Gasteiger partial charge in [0.25, 0.3) is 0 Å². The fourth-order valence-corrected chi connectivity index (χ4v) is 2.79. The lowest BCUT2D eigenvalue weighted by Gasteiger charge is -2.15. The predicted molar refractivity (Wildman–Crippen MR) is 82.1 cm³/mol. The molecule has 1 aliphatic rings. The first-order valence-electron chi connectivity index (χ1n) is 7.29. The molecule has 0 amide bonds. The summed E-state index contributed by atoms with van der Waals surface area (Å²) in [5.74, 6) is 0.606. The van der Waals surface area contributed by atoms with Crippen LogP contribution in [0.25, 0.3) is 0 Å². The monoisotopic (exact) mass is 275 g/mol. The highest BCUT2D eigenvalue weighted by Crippen LogP contribution is 2.40. The molecule has 0 heterocycles. The highest BCUT2D eigenvalue weighted by atomic mass is 16.1. The van der Waals surface area contributed by atoms with Crippen molar-refractivity contribution in [1.29, 1.82) is 5.26 Å². The van der Waals surface area contributed by atoms with Crippen LogP contribution in [0, 0.1) is 11.3 Å². The minimum Gasteiger partial charge on any atom is -0.299 e. The fourth-order valence-electron chi connectivity index (χ4n) is 2.79.